The lowest BCUT2D eigenvalue weighted by molar-refractivity contribution is 1.14. The van der Waals surface area contributed by atoms with Gasteiger partial charge in [0.1, 0.15) is 5.82 Å². The molecule has 86 valence electrons. The topological polar surface area (TPSA) is 24.9 Å². The Morgan fingerprint density at radius 1 is 1.12 bits per heavy atom. The highest BCUT2D eigenvalue weighted by molar-refractivity contribution is 5.80. The largest absolute Gasteiger partial charge is 0.373 e. The van der Waals surface area contributed by atoms with Crippen molar-refractivity contribution < 1.29 is 0 Å². The van der Waals surface area contributed by atoms with Gasteiger partial charge >= 0.3 is 0 Å². The zero-order valence-electron chi connectivity index (χ0n) is 10.5. The second-order valence-corrected chi connectivity index (χ2v) is 3.33. The average molecular weight is 216 g/mol. The molecule has 0 saturated carbocycles. The van der Waals surface area contributed by atoms with Crippen molar-refractivity contribution in [2.45, 2.75) is 27.2 Å². The van der Waals surface area contributed by atoms with Crippen molar-refractivity contribution in [1.29, 1.82) is 0 Å². The Bertz CT molecular complexity index is 411. The molecule has 0 saturated heterocycles. The third-order valence-corrected chi connectivity index (χ3v) is 2.42. The molecule has 0 unspecified atom stereocenters. The summed E-state index contributed by atoms with van der Waals surface area (Å²) in [6, 6.07) is 10.5. The number of aromatic nitrogens is 1. The Morgan fingerprint density at radius 2 is 1.81 bits per heavy atom. The van der Waals surface area contributed by atoms with Gasteiger partial charge in [-0.25, -0.2) is 4.98 Å². The van der Waals surface area contributed by atoms with Crippen LogP contribution >= 0.6 is 0 Å². The maximum atomic E-state index is 4.49. The van der Waals surface area contributed by atoms with Crippen molar-refractivity contribution in [2.75, 3.05) is 12.4 Å². The first-order valence-electron chi connectivity index (χ1n) is 5.91. The monoisotopic (exact) mass is 216 g/mol. The molecule has 0 aliphatic heterocycles. The van der Waals surface area contributed by atoms with Gasteiger partial charge in [-0.15, -0.1) is 0 Å². The van der Waals surface area contributed by atoms with Crippen molar-refractivity contribution in [3.8, 4) is 0 Å². The van der Waals surface area contributed by atoms with Crippen molar-refractivity contribution in [1.82, 2.24) is 4.98 Å². The number of benzene rings is 1. The van der Waals surface area contributed by atoms with Crippen LogP contribution in [0.25, 0.3) is 10.9 Å². The number of pyridine rings is 1. The zero-order chi connectivity index (χ0) is 12.0. The molecule has 0 aliphatic rings. The Morgan fingerprint density at radius 3 is 2.44 bits per heavy atom. The quantitative estimate of drug-likeness (QED) is 0.824. The molecule has 2 rings (SSSR count). The van der Waals surface area contributed by atoms with Gasteiger partial charge in [0, 0.05) is 12.4 Å². The van der Waals surface area contributed by atoms with Crippen molar-refractivity contribution in [2.24, 2.45) is 0 Å². The van der Waals surface area contributed by atoms with Gasteiger partial charge in [0.25, 0.3) is 0 Å². The van der Waals surface area contributed by atoms with Gasteiger partial charge in [-0.1, -0.05) is 32.9 Å². The Kier molecular flexibility index (Phi) is 4.77. The number of rotatable bonds is 2. The van der Waals surface area contributed by atoms with E-state index in [4.69, 9.17) is 0 Å². The second kappa shape index (κ2) is 6.11. The fourth-order valence-corrected chi connectivity index (χ4v) is 1.52. The fourth-order valence-electron chi connectivity index (χ4n) is 1.52. The summed E-state index contributed by atoms with van der Waals surface area (Å²) in [7, 11) is 1.89. The third-order valence-electron chi connectivity index (χ3n) is 2.42. The van der Waals surface area contributed by atoms with Crippen LogP contribution < -0.4 is 5.32 Å². The summed E-state index contributed by atoms with van der Waals surface area (Å²) in [6.07, 6.45) is 1.06. The highest BCUT2D eigenvalue weighted by Gasteiger charge is 1.97. The number of fused-ring (bicyclic) bond motifs is 1. The minimum Gasteiger partial charge on any atom is -0.373 e. The first-order valence-corrected chi connectivity index (χ1v) is 5.91. The maximum absolute atomic E-state index is 4.49. The van der Waals surface area contributed by atoms with E-state index < -0.39 is 0 Å². The molecule has 16 heavy (non-hydrogen) atoms. The van der Waals surface area contributed by atoms with E-state index >= 15 is 0 Å². The third kappa shape index (κ3) is 2.72. The lowest BCUT2D eigenvalue weighted by atomic mass is 10.1. The summed E-state index contributed by atoms with van der Waals surface area (Å²) in [5, 5.41) is 4.24. The summed E-state index contributed by atoms with van der Waals surface area (Å²) < 4.78 is 0. The highest BCUT2D eigenvalue weighted by atomic mass is 15.0. The van der Waals surface area contributed by atoms with Crippen LogP contribution in [-0.4, -0.2) is 12.0 Å². The van der Waals surface area contributed by atoms with Gasteiger partial charge in [-0.05, 0) is 30.2 Å². The molecule has 0 radical (unpaired) electrons. The normalized spacial score (nSPS) is 9.50. The number of hydrogen-bond acceptors (Lipinski definition) is 2. The molecular formula is C14H20N2. The average Bonchev–Trinajstić information content (AvgIpc) is 2.39. The van der Waals surface area contributed by atoms with Gasteiger partial charge < -0.3 is 5.32 Å². The van der Waals surface area contributed by atoms with Gasteiger partial charge in [0.05, 0.1) is 5.52 Å². The van der Waals surface area contributed by atoms with Crippen LogP contribution in [0.15, 0.2) is 30.3 Å². The minimum absolute atomic E-state index is 0.922. The van der Waals surface area contributed by atoms with Crippen LogP contribution in [0.2, 0.25) is 0 Å². The molecule has 2 heteroatoms. The standard InChI is InChI=1S/C12H14N2.C2H6/c1-3-9-4-5-10-6-7-12(13-2)14-11(10)8-9;1-2/h4-8H,3H2,1-2H3,(H,13,14);1-2H3. The number of nitrogens with one attached hydrogen (secondary N) is 1. The number of nitrogens with zero attached hydrogens (tertiary/aromatic N) is 1. The molecule has 1 aromatic heterocycles. The molecule has 2 nitrogen and oxygen atoms in total. The Balaban J connectivity index is 0.000000606. The predicted molar refractivity (Wildman–Crippen MR) is 72.0 cm³/mol. The molecule has 0 bridgehead atoms. The molecule has 0 aliphatic carbocycles. The molecule has 0 spiro atoms. The van der Waals surface area contributed by atoms with Gasteiger partial charge in [0.15, 0.2) is 0 Å². The summed E-state index contributed by atoms with van der Waals surface area (Å²) >= 11 is 0. The maximum Gasteiger partial charge on any atom is 0.126 e. The predicted octanol–water partition coefficient (Wildman–Crippen LogP) is 3.87. The van der Waals surface area contributed by atoms with Crippen molar-refractivity contribution >= 4 is 16.7 Å². The number of hydrogen-bond donors (Lipinski definition) is 1. The highest BCUT2D eigenvalue weighted by Crippen LogP contribution is 2.16. The summed E-state index contributed by atoms with van der Waals surface area (Å²) in [4.78, 5) is 4.49. The lowest BCUT2D eigenvalue weighted by Crippen LogP contribution is -1.92. The molecule has 0 fully saturated rings. The zero-order valence-corrected chi connectivity index (χ0v) is 10.5. The molecule has 0 amide bonds. The van der Waals surface area contributed by atoms with Crippen molar-refractivity contribution in [3.63, 3.8) is 0 Å². The van der Waals surface area contributed by atoms with Crippen LogP contribution in [0.5, 0.6) is 0 Å². The Labute approximate surface area is 97.7 Å². The van der Waals surface area contributed by atoms with E-state index in [1.54, 1.807) is 0 Å². The van der Waals surface area contributed by atoms with Crippen molar-refractivity contribution in [3.05, 3.63) is 35.9 Å². The van der Waals surface area contributed by atoms with E-state index in [2.05, 4.69) is 41.5 Å². The second-order valence-electron chi connectivity index (χ2n) is 3.33. The lowest BCUT2D eigenvalue weighted by Gasteiger charge is -2.03. The van der Waals surface area contributed by atoms with Crippen LogP contribution in [0, 0.1) is 0 Å². The summed E-state index contributed by atoms with van der Waals surface area (Å²) in [6.45, 7) is 6.16. The van der Waals surface area contributed by atoms with E-state index in [9.17, 15) is 0 Å². The van der Waals surface area contributed by atoms with E-state index in [-0.39, 0.29) is 0 Å². The van der Waals surface area contributed by atoms with Crippen LogP contribution in [0.4, 0.5) is 5.82 Å². The number of anilines is 1. The molecular weight excluding hydrogens is 196 g/mol. The smallest absolute Gasteiger partial charge is 0.126 e. The van der Waals surface area contributed by atoms with Crippen LogP contribution in [0.1, 0.15) is 26.3 Å². The van der Waals surface area contributed by atoms with E-state index in [1.165, 1.54) is 10.9 Å². The first-order chi connectivity index (χ1) is 7.83. The minimum atomic E-state index is 0.922. The SMILES string of the molecule is CC.CCc1ccc2ccc(NC)nc2c1. The first kappa shape index (κ1) is 12.5. The molecule has 1 heterocycles. The van der Waals surface area contributed by atoms with E-state index in [0.29, 0.717) is 0 Å². The molecule has 2 aromatic rings. The molecule has 1 aromatic carbocycles. The van der Waals surface area contributed by atoms with Gasteiger partial charge in [-0.2, -0.15) is 0 Å². The molecule has 1 N–H and O–H groups in total. The van der Waals surface area contributed by atoms with Gasteiger partial charge in [-0.3, -0.25) is 0 Å². The van der Waals surface area contributed by atoms with E-state index in [1.807, 2.05) is 27.0 Å². The van der Waals surface area contributed by atoms with Crippen LogP contribution in [-0.2, 0) is 6.42 Å². The van der Waals surface area contributed by atoms with E-state index in [0.717, 1.165) is 17.8 Å². The summed E-state index contributed by atoms with van der Waals surface area (Å²) in [5.41, 5.74) is 2.40. The summed E-state index contributed by atoms with van der Waals surface area (Å²) in [5.74, 6) is 0.922. The molecule has 0 atom stereocenters. The van der Waals surface area contributed by atoms with Crippen LogP contribution in [0.3, 0.4) is 0 Å². The Hall–Kier alpha value is -1.57. The number of aryl methyl sites for hydroxylation is 1. The van der Waals surface area contributed by atoms with Gasteiger partial charge in [0.2, 0.25) is 0 Å². The fraction of sp³-hybridized carbons (Fsp3) is 0.357.